The van der Waals surface area contributed by atoms with Gasteiger partial charge in [-0.1, -0.05) is 29.3 Å². The summed E-state index contributed by atoms with van der Waals surface area (Å²) in [6, 6.07) is 9.22. The summed E-state index contributed by atoms with van der Waals surface area (Å²) in [7, 11) is 0. The molecule has 1 heterocycles. The van der Waals surface area contributed by atoms with E-state index in [1.54, 1.807) is 12.3 Å². The lowest BCUT2D eigenvalue weighted by atomic mass is 10.2. The number of anilines is 1. The predicted octanol–water partition coefficient (Wildman–Crippen LogP) is 4.40. The molecule has 3 nitrogen and oxygen atoms in total. The number of ether oxygens (including phenoxy) is 1. The molecule has 0 bridgehead atoms. The van der Waals surface area contributed by atoms with E-state index in [4.69, 9.17) is 27.9 Å². The third kappa shape index (κ3) is 3.75. The molecule has 5 heteroatoms. The van der Waals surface area contributed by atoms with Crippen LogP contribution < -0.4 is 10.1 Å². The number of halogens is 2. The zero-order valence-corrected chi connectivity index (χ0v) is 12.0. The molecule has 0 aliphatic rings. The number of nitrogens with one attached hydrogen (secondary N) is 1. The molecule has 1 aromatic heterocycles. The highest BCUT2D eigenvalue weighted by Gasteiger charge is 2.05. The van der Waals surface area contributed by atoms with Crippen LogP contribution in [0.1, 0.15) is 12.5 Å². The number of pyridine rings is 1. The van der Waals surface area contributed by atoms with E-state index in [9.17, 15) is 0 Å². The van der Waals surface area contributed by atoms with Crippen LogP contribution in [0.4, 0.5) is 5.69 Å². The fourth-order valence-corrected chi connectivity index (χ4v) is 2.11. The first-order chi connectivity index (χ1) is 9.20. The van der Waals surface area contributed by atoms with Crippen molar-refractivity contribution in [1.29, 1.82) is 0 Å². The number of rotatable bonds is 5. The Kier molecular flexibility index (Phi) is 4.88. The Morgan fingerprint density at radius 3 is 2.84 bits per heavy atom. The molecule has 2 rings (SSSR count). The number of hydrogen-bond acceptors (Lipinski definition) is 3. The van der Waals surface area contributed by atoms with Gasteiger partial charge in [0.1, 0.15) is 0 Å². The lowest BCUT2D eigenvalue weighted by Crippen LogP contribution is -2.04. The van der Waals surface area contributed by atoms with Gasteiger partial charge in [0.2, 0.25) is 5.88 Å². The van der Waals surface area contributed by atoms with Crippen LogP contribution >= 0.6 is 23.2 Å². The van der Waals surface area contributed by atoms with Gasteiger partial charge in [0, 0.05) is 22.8 Å². The first kappa shape index (κ1) is 14.0. The first-order valence-corrected chi connectivity index (χ1v) is 6.72. The average molecular weight is 297 g/mol. The molecule has 0 atom stereocenters. The molecule has 0 amide bonds. The summed E-state index contributed by atoms with van der Waals surface area (Å²) in [6.45, 7) is 3.09. The summed E-state index contributed by atoms with van der Waals surface area (Å²) in [5.74, 6) is 0.593. The summed E-state index contributed by atoms with van der Waals surface area (Å²) in [5, 5.41) is 4.53. The SMILES string of the molecule is CCOc1ncccc1NCc1ccc(Cl)cc1Cl. The van der Waals surface area contributed by atoms with Gasteiger partial charge < -0.3 is 10.1 Å². The van der Waals surface area contributed by atoms with Crippen molar-refractivity contribution >= 4 is 28.9 Å². The Morgan fingerprint density at radius 2 is 2.11 bits per heavy atom. The molecule has 0 unspecified atom stereocenters. The molecule has 0 radical (unpaired) electrons. The normalized spacial score (nSPS) is 10.3. The molecule has 100 valence electrons. The standard InChI is InChI=1S/C14H14Cl2N2O/c1-2-19-14-13(4-3-7-17-14)18-9-10-5-6-11(15)8-12(10)16/h3-8,18H,2,9H2,1H3. The van der Waals surface area contributed by atoms with Gasteiger partial charge in [-0.3, -0.25) is 0 Å². The fraction of sp³-hybridized carbons (Fsp3) is 0.214. The highest BCUT2D eigenvalue weighted by Crippen LogP contribution is 2.24. The smallest absolute Gasteiger partial charge is 0.237 e. The monoisotopic (exact) mass is 296 g/mol. The quantitative estimate of drug-likeness (QED) is 0.888. The topological polar surface area (TPSA) is 34.1 Å². The van der Waals surface area contributed by atoms with Gasteiger partial charge in [0.25, 0.3) is 0 Å². The van der Waals surface area contributed by atoms with E-state index in [0.29, 0.717) is 29.1 Å². The molecular weight excluding hydrogens is 283 g/mol. The van der Waals surface area contributed by atoms with Crippen LogP contribution in [0.15, 0.2) is 36.5 Å². The van der Waals surface area contributed by atoms with Crippen molar-refractivity contribution in [3.63, 3.8) is 0 Å². The largest absolute Gasteiger partial charge is 0.476 e. The molecule has 0 spiro atoms. The highest BCUT2D eigenvalue weighted by atomic mass is 35.5. The summed E-state index contributed by atoms with van der Waals surface area (Å²) >= 11 is 12.0. The van der Waals surface area contributed by atoms with Gasteiger partial charge in [-0.2, -0.15) is 0 Å². The minimum Gasteiger partial charge on any atom is -0.476 e. The van der Waals surface area contributed by atoms with E-state index in [2.05, 4.69) is 10.3 Å². The van der Waals surface area contributed by atoms with Crippen molar-refractivity contribution in [2.45, 2.75) is 13.5 Å². The number of benzene rings is 1. The highest BCUT2D eigenvalue weighted by molar-refractivity contribution is 6.35. The molecule has 1 N–H and O–H groups in total. The Labute approximate surface area is 122 Å². The molecule has 19 heavy (non-hydrogen) atoms. The maximum atomic E-state index is 6.13. The average Bonchev–Trinajstić information content (AvgIpc) is 2.40. The van der Waals surface area contributed by atoms with Crippen molar-refractivity contribution in [1.82, 2.24) is 4.98 Å². The predicted molar refractivity (Wildman–Crippen MR) is 79.2 cm³/mol. The Bertz CT molecular complexity index is 561. The molecule has 1 aromatic carbocycles. The second kappa shape index (κ2) is 6.64. The summed E-state index contributed by atoms with van der Waals surface area (Å²) in [5.41, 5.74) is 1.81. The summed E-state index contributed by atoms with van der Waals surface area (Å²) in [6.07, 6.45) is 1.70. The second-order valence-electron chi connectivity index (χ2n) is 3.88. The minimum atomic E-state index is 0.577. The van der Waals surface area contributed by atoms with Gasteiger partial charge >= 0.3 is 0 Å². The maximum Gasteiger partial charge on any atom is 0.237 e. The third-order valence-electron chi connectivity index (χ3n) is 2.54. The van der Waals surface area contributed by atoms with Crippen molar-refractivity contribution in [2.75, 3.05) is 11.9 Å². The van der Waals surface area contributed by atoms with Crippen LogP contribution in [-0.4, -0.2) is 11.6 Å². The van der Waals surface area contributed by atoms with Crippen molar-refractivity contribution in [3.8, 4) is 5.88 Å². The van der Waals surface area contributed by atoms with Gasteiger partial charge in [0.05, 0.1) is 12.3 Å². The van der Waals surface area contributed by atoms with Gasteiger partial charge in [-0.25, -0.2) is 4.98 Å². The van der Waals surface area contributed by atoms with E-state index >= 15 is 0 Å². The van der Waals surface area contributed by atoms with E-state index in [0.717, 1.165) is 11.3 Å². The summed E-state index contributed by atoms with van der Waals surface area (Å²) in [4.78, 5) is 4.18. The zero-order valence-electron chi connectivity index (χ0n) is 10.5. The van der Waals surface area contributed by atoms with Crippen molar-refractivity contribution in [3.05, 3.63) is 52.1 Å². The second-order valence-corrected chi connectivity index (χ2v) is 4.72. The van der Waals surface area contributed by atoms with Crippen LogP contribution in [0, 0.1) is 0 Å². The number of nitrogens with zero attached hydrogens (tertiary/aromatic N) is 1. The first-order valence-electron chi connectivity index (χ1n) is 5.96. The fourth-order valence-electron chi connectivity index (χ4n) is 1.63. The Hall–Kier alpha value is -1.45. The molecular formula is C14H14Cl2N2O. The van der Waals surface area contributed by atoms with Crippen LogP contribution in [0.25, 0.3) is 0 Å². The zero-order chi connectivity index (χ0) is 13.7. The van der Waals surface area contributed by atoms with E-state index in [1.807, 2.05) is 31.2 Å². The van der Waals surface area contributed by atoms with Gasteiger partial charge in [-0.15, -0.1) is 0 Å². The molecule has 0 aliphatic heterocycles. The van der Waals surface area contributed by atoms with Gasteiger partial charge in [0.15, 0.2) is 0 Å². The molecule has 0 fully saturated rings. The van der Waals surface area contributed by atoms with Crippen LogP contribution in [0.2, 0.25) is 10.0 Å². The maximum absolute atomic E-state index is 6.13. The van der Waals surface area contributed by atoms with Crippen LogP contribution in [-0.2, 0) is 6.54 Å². The van der Waals surface area contributed by atoms with E-state index in [-0.39, 0.29) is 0 Å². The van der Waals surface area contributed by atoms with Crippen molar-refractivity contribution in [2.24, 2.45) is 0 Å². The Morgan fingerprint density at radius 1 is 1.26 bits per heavy atom. The number of aromatic nitrogens is 1. The molecule has 0 saturated carbocycles. The molecule has 0 aliphatic carbocycles. The molecule has 0 saturated heterocycles. The van der Waals surface area contributed by atoms with Crippen LogP contribution in [0.5, 0.6) is 5.88 Å². The van der Waals surface area contributed by atoms with E-state index < -0.39 is 0 Å². The third-order valence-corrected chi connectivity index (χ3v) is 3.12. The van der Waals surface area contributed by atoms with Crippen molar-refractivity contribution < 1.29 is 4.74 Å². The Balaban J connectivity index is 2.10. The van der Waals surface area contributed by atoms with Gasteiger partial charge in [-0.05, 0) is 36.8 Å². The van der Waals surface area contributed by atoms with E-state index in [1.165, 1.54) is 0 Å². The molecule has 2 aromatic rings. The lowest BCUT2D eigenvalue weighted by molar-refractivity contribution is 0.328. The summed E-state index contributed by atoms with van der Waals surface area (Å²) < 4.78 is 5.45. The lowest BCUT2D eigenvalue weighted by Gasteiger charge is -2.11. The van der Waals surface area contributed by atoms with Crippen LogP contribution in [0.3, 0.4) is 0 Å². The minimum absolute atomic E-state index is 0.577. The number of hydrogen-bond donors (Lipinski definition) is 1.